The molecule has 0 radical (unpaired) electrons. The average molecular weight is 955 g/mol. The molecule has 0 aliphatic carbocycles. The van der Waals surface area contributed by atoms with Gasteiger partial charge in [-0.1, -0.05) is 212 Å². The molecule has 0 aliphatic heterocycles. The summed E-state index contributed by atoms with van der Waals surface area (Å²) in [4.78, 5) is 2.42. The molecule has 0 amide bonds. The van der Waals surface area contributed by atoms with Gasteiger partial charge in [-0.15, -0.1) is 0 Å². The van der Waals surface area contributed by atoms with E-state index in [1.165, 1.54) is 54.3 Å². The van der Waals surface area contributed by atoms with Crippen molar-refractivity contribution in [3.05, 3.63) is 279 Å². The maximum atomic E-state index is 6.83. The molecule has 0 bridgehead atoms. The van der Waals surface area contributed by atoms with Crippen LogP contribution in [-0.4, -0.2) is 4.57 Å². The van der Waals surface area contributed by atoms with Gasteiger partial charge in [-0.05, 0) is 121 Å². The topological polar surface area (TPSA) is 21.3 Å². The lowest BCUT2D eigenvalue weighted by Crippen LogP contribution is -2.11. The van der Waals surface area contributed by atoms with E-state index in [9.17, 15) is 0 Å². The Bertz CT molecular complexity index is 4640. The number of hydrogen-bond acceptors (Lipinski definition) is 2. The molecule has 13 aromatic carbocycles. The van der Waals surface area contributed by atoms with Crippen molar-refractivity contribution in [2.75, 3.05) is 4.90 Å². The van der Waals surface area contributed by atoms with Crippen molar-refractivity contribution in [2.45, 2.75) is 0 Å². The number of fused-ring (bicyclic) bond motifs is 11. The number of anilines is 3. The van der Waals surface area contributed by atoms with E-state index in [1.54, 1.807) is 0 Å². The fourth-order valence-corrected chi connectivity index (χ4v) is 11.8. The molecule has 0 atom stereocenters. The first kappa shape index (κ1) is 42.7. The Balaban J connectivity index is 0.892. The molecule has 3 heteroatoms. The number of hydrogen-bond donors (Lipinski definition) is 0. The zero-order chi connectivity index (χ0) is 49.4. The minimum atomic E-state index is 0.897. The minimum Gasteiger partial charge on any atom is -0.455 e. The van der Waals surface area contributed by atoms with Crippen LogP contribution in [0.25, 0.3) is 126 Å². The summed E-state index contributed by atoms with van der Waals surface area (Å²) in [7, 11) is 0. The Kier molecular flexibility index (Phi) is 9.89. The number of para-hydroxylation sites is 4. The number of furan rings is 1. The second-order valence-corrected chi connectivity index (χ2v) is 19.6. The van der Waals surface area contributed by atoms with Gasteiger partial charge in [-0.25, -0.2) is 0 Å². The van der Waals surface area contributed by atoms with Crippen molar-refractivity contribution < 1.29 is 4.42 Å². The van der Waals surface area contributed by atoms with Gasteiger partial charge < -0.3 is 13.9 Å². The highest BCUT2D eigenvalue weighted by Gasteiger charge is 2.22. The molecule has 0 spiro atoms. The van der Waals surface area contributed by atoms with Gasteiger partial charge in [0.15, 0.2) is 0 Å². The van der Waals surface area contributed by atoms with Gasteiger partial charge in [-0.3, -0.25) is 0 Å². The van der Waals surface area contributed by atoms with Crippen LogP contribution in [0.3, 0.4) is 0 Å². The molecule has 15 aromatic rings. The van der Waals surface area contributed by atoms with Crippen LogP contribution in [-0.2, 0) is 0 Å². The van der Waals surface area contributed by atoms with E-state index in [-0.39, 0.29) is 0 Å². The molecule has 15 rings (SSSR count). The van der Waals surface area contributed by atoms with Gasteiger partial charge in [-0.2, -0.15) is 0 Å². The van der Waals surface area contributed by atoms with Gasteiger partial charge >= 0.3 is 0 Å². The monoisotopic (exact) mass is 954 g/mol. The number of benzene rings is 13. The van der Waals surface area contributed by atoms with Crippen molar-refractivity contribution in [1.29, 1.82) is 0 Å². The quantitative estimate of drug-likeness (QED) is 0.142. The first-order valence-electron chi connectivity index (χ1n) is 25.7. The number of aromatic nitrogens is 1. The molecule has 0 saturated heterocycles. The lowest BCUT2D eigenvalue weighted by atomic mass is 9.93. The lowest BCUT2D eigenvalue weighted by Gasteiger charge is -2.29. The maximum absolute atomic E-state index is 6.83. The molecule has 350 valence electrons. The maximum Gasteiger partial charge on any atom is 0.143 e. The van der Waals surface area contributed by atoms with Crippen LogP contribution in [0.5, 0.6) is 0 Å². The second kappa shape index (κ2) is 17.4. The summed E-state index contributed by atoms with van der Waals surface area (Å²) < 4.78 is 9.25. The molecule has 0 fully saturated rings. The zero-order valence-corrected chi connectivity index (χ0v) is 40.9. The van der Waals surface area contributed by atoms with Crippen molar-refractivity contribution in [2.24, 2.45) is 0 Å². The summed E-state index contributed by atoms with van der Waals surface area (Å²) in [5, 5.41) is 12.0. The lowest BCUT2D eigenvalue weighted by molar-refractivity contribution is 0.674. The molecular formula is C72H46N2O. The minimum absolute atomic E-state index is 0.897. The number of nitrogens with zero attached hydrogens (tertiary/aromatic N) is 2. The summed E-state index contributed by atoms with van der Waals surface area (Å²) >= 11 is 0. The van der Waals surface area contributed by atoms with Crippen LogP contribution in [0.2, 0.25) is 0 Å². The molecule has 0 N–H and O–H groups in total. The van der Waals surface area contributed by atoms with Crippen LogP contribution in [0.15, 0.2) is 283 Å². The van der Waals surface area contributed by atoms with Gasteiger partial charge in [0.05, 0.1) is 22.4 Å². The fraction of sp³-hybridized carbons (Fsp3) is 0. The van der Waals surface area contributed by atoms with E-state index >= 15 is 0 Å². The number of rotatable bonds is 8. The molecule has 0 aliphatic rings. The predicted octanol–water partition coefficient (Wildman–Crippen LogP) is 20.3. The van der Waals surface area contributed by atoms with Gasteiger partial charge in [0.1, 0.15) is 11.2 Å². The van der Waals surface area contributed by atoms with E-state index in [4.69, 9.17) is 4.42 Å². The Labute approximate surface area is 434 Å². The van der Waals surface area contributed by atoms with Gasteiger partial charge in [0.25, 0.3) is 0 Å². The summed E-state index contributed by atoms with van der Waals surface area (Å²) in [6.07, 6.45) is 0. The second-order valence-electron chi connectivity index (χ2n) is 19.6. The van der Waals surface area contributed by atoms with Crippen molar-refractivity contribution >= 4 is 93.1 Å². The van der Waals surface area contributed by atoms with Crippen molar-refractivity contribution in [1.82, 2.24) is 4.57 Å². The van der Waals surface area contributed by atoms with Crippen LogP contribution in [0.4, 0.5) is 17.1 Å². The third-order valence-electron chi connectivity index (χ3n) is 15.4. The Morgan fingerprint density at radius 2 is 0.747 bits per heavy atom. The van der Waals surface area contributed by atoms with Crippen LogP contribution < -0.4 is 4.90 Å². The van der Waals surface area contributed by atoms with E-state index in [1.807, 2.05) is 0 Å². The van der Waals surface area contributed by atoms with E-state index in [0.717, 1.165) is 89.0 Å². The van der Waals surface area contributed by atoms with E-state index < -0.39 is 0 Å². The molecular weight excluding hydrogens is 909 g/mol. The van der Waals surface area contributed by atoms with Crippen LogP contribution >= 0.6 is 0 Å². The Morgan fingerprint density at radius 3 is 1.48 bits per heavy atom. The highest BCUT2D eigenvalue weighted by molar-refractivity contribution is 6.17. The highest BCUT2D eigenvalue weighted by Crippen LogP contribution is 2.46. The summed E-state index contributed by atoms with van der Waals surface area (Å²) in [5.74, 6) is 0. The predicted molar refractivity (Wildman–Crippen MR) is 317 cm³/mol. The molecule has 75 heavy (non-hydrogen) atoms. The molecule has 3 nitrogen and oxygen atoms in total. The average Bonchev–Trinajstić information content (AvgIpc) is 4.08. The van der Waals surface area contributed by atoms with E-state index in [0.29, 0.717) is 0 Å². The van der Waals surface area contributed by atoms with Gasteiger partial charge in [0, 0.05) is 55.0 Å². The summed E-state index contributed by atoms with van der Waals surface area (Å²) in [5.41, 5.74) is 17.6. The zero-order valence-electron chi connectivity index (χ0n) is 40.9. The first-order chi connectivity index (χ1) is 37.2. The normalized spacial score (nSPS) is 11.7. The molecule has 0 saturated carbocycles. The van der Waals surface area contributed by atoms with Gasteiger partial charge in [0.2, 0.25) is 0 Å². The molecule has 2 heterocycles. The largest absolute Gasteiger partial charge is 0.455 e. The Morgan fingerprint density at radius 1 is 0.267 bits per heavy atom. The third kappa shape index (κ3) is 7.05. The van der Waals surface area contributed by atoms with Crippen molar-refractivity contribution in [3.8, 4) is 50.2 Å². The SMILES string of the molecule is c1ccc(-c2cc(-c3ccc4ccc5ccccc5c4c3)ccc2N(c2ccc(-c3ccccc3-n3c4ccccc4c4ccccc43)cc2)c2ccc(-c3cccc4c3oc3c5ccccc5ccc43)cc2)cc1. The van der Waals surface area contributed by atoms with E-state index in [2.05, 4.69) is 289 Å². The fourth-order valence-electron chi connectivity index (χ4n) is 11.8. The van der Waals surface area contributed by atoms with Crippen LogP contribution in [0.1, 0.15) is 0 Å². The smallest absolute Gasteiger partial charge is 0.143 e. The van der Waals surface area contributed by atoms with Crippen LogP contribution in [0, 0.1) is 0 Å². The Hall–Kier alpha value is -9.96. The summed E-state index contributed by atoms with van der Waals surface area (Å²) in [6, 6.07) is 102. The molecule has 2 aromatic heterocycles. The summed E-state index contributed by atoms with van der Waals surface area (Å²) in [6.45, 7) is 0. The molecule has 0 unspecified atom stereocenters. The van der Waals surface area contributed by atoms with Crippen molar-refractivity contribution in [3.63, 3.8) is 0 Å². The third-order valence-corrected chi connectivity index (χ3v) is 15.4. The standard InChI is InChI=1S/C72H46N2O/c1-2-15-47(16-3-1)66-46-54(53-32-31-52-30-29-48-17-4-6-19-57(48)65(52)45-53)38-44-70(66)73(56-41-35-51(36-42-56)60-24-14-25-63-64-43-37-49-18-5-7-21-59(49)72(64)75-71(60)63)55-39-33-50(34-40-55)58-20-8-11-26-67(58)74-68-27-12-9-22-61(68)62-23-10-13-28-69(62)74/h1-46H. The highest BCUT2D eigenvalue weighted by atomic mass is 16.3. The first-order valence-corrected chi connectivity index (χ1v) is 25.7.